The molecule has 0 bridgehead atoms. The fraction of sp³-hybridized carbons (Fsp3) is 0.429. The lowest BCUT2D eigenvalue weighted by atomic mass is 10.2. The molecule has 2 aromatic rings. The Labute approximate surface area is 112 Å². The summed E-state index contributed by atoms with van der Waals surface area (Å²) in [5, 5.41) is 0. The maximum atomic E-state index is 5.82. The van der Waals surface area contributed by atoms with E-state index in [1.165, 1.54) is 5.69 Å². The van der Waals surface area contributed by atoms with Gasteiger partial charge in [0.25, 0.3) is 0 Å². The molecule has 1 saturated heterocycles. The minimum Gasteiger partial charge on any atom is -0.369 e. The fourth-order valence-corrected chi connectivity index (χ4v) is 2.36. The van der Waals surface area contributed by atoms with E-state index in [2.05, 4.69) is 19.4 Å². The number of imidazole rings is 1. The molecule has 19 heavy (non-hydrogen) atoms. The Morgan fingerprint density at radius 1 is 1.42 bits per heavy atom. The van der Waals surface area contributed by atoms with Gasteiger partial charge >= 0.3 is 0 Å². The van der Waals surface area contributed by atoms with Crippen LogP contribution in [0.15, 0.2) is 36.9 Å². The van der Waals surface area contributed by atoms with Crippen LogP contribution in [0.2, 0.25) is 0 Å². The van der Waals surface area contributed by atoms with E-state index in [9.17, 15) is 0 Å². The standard InChI is InChI=1S/C14H18N4O/c1-17-11-15-8-12(17)9-18-6-7-19-14(10-18)13-4-2-3-5-16-13/h2-5,8,11,14H,6-7,9-10H2,1H3/t14-/m1/s1. The molecule has 0 saturated carbocycles. The second-order valence-electron chi connectivity index (χ2n) is 4.85. The molecule has 100 valence electrons. The van der Waals surface area contributed by atoms with E-state index in [4.69, 9.17) is 4.74 Å². The van der Waals surface area contributed by atoms with Crippen LogP contribution in [0.5, 0.6) is 0 Å². The van der Waals surface area contributed by atoms with Gasteiger partial charge in [0, 0.05) is 39.1 Å². The van der Waals surface area contributed by atoms with Crippen LogP contribution in [0.1, 0.15) is 17.5 Å². The van der Waals surface area contributed by atoms with Crippen LogP contribution >= 0.6 is 0 Å². The first kappa shape index (κ1) is 12.3. The molecule has 1 fully saturated rings. The Bertz CT molecular complexity index is 525. The summed E-state index contributed by atoms with van der Waals surface area (Å²) in [5.74, 6) is 0. The van der Waals surface area contributed by atoms with Crippen molar-refractivity contribution >= 4 is 0 Å². The third-order valence-corrected chi connectivity index (χ3v) is 3.47. The molecule has 3 heterocycles. The van der Waals surface area contributed by atoms with Crippen molar-refractivity contribution in [3.8, 4) is 0 Å². The van der Waals surface area contributed by atoms with Gasteiger partial charge in [0.2, 0.25) is 0 Å². The number of aromatic nitrogens is 3. The molecule has 0 aromatic carbocycles. The highest BCUT2D eigenvalue weighted by Crippen LogP contribution is 2.21. The minimum atomic E-state index is 0.0724. The van der Waals surface area contributed by atoms with Crippen molar-refractivity contribution in [1.29, 1.82) is 0 Å². The van der Waals surface area contributed by atoms with Gasteiger partial charge in [-0.3, -0.25) is 9.88 Å². The van der Waals surface area contributed by atoms with E-state index in [-0.39, 0.29) is 6.10 Å². The topological polar surface area (TPSA) is 43.2 Å². The molecule has 0 N–H and O–H groups in total. The molecule has 1 aliphatic rings. The van der Waals surface area contributed by atoms with Gasteiger partial charge in [-0.05, 0) is 12.1 Å². The summed E-state index contributed by atoms with van der Waals surface area (Å²) in [6, 6.07) is 5.96. The first-order valence-corrected chi connectivity index (χ1v) is 6.53. The lowest BCUT2D eigenvalue weighted by molar-refractivity contribution is -0.0355. The summed E-state index contributed by atoms with van der Waals surface area (Å²) in [6.07, 6.45) is 5.65. The zero-order valence-corrected chi connectivity index (χ0v) is 11.1. The third kappa shape index (κ3) is 2.83. The van der Waals surface area contributed by atoms with E-state index in [1.807, 2.05) is 44.0 Å². The molecule has 0 aliphatic carbocycles. The SMILES string of the molecule is Cn1cncc1CN1CCO[C@@H](c2ccccn2)C1. The summed E-state index contributed by atoms with van der Waals surface area (Å²) in [4.78, 5) is 10.9. The lowest BCUT2D eigenvalue weighted by Crippen LogP contribution is -2.38. The van der Waals surface area contributed by atoms with E-state index in [1.54, 1.807) is 0 Å². The van der Waals surface area contributed by atoms with Crippen molar-refractivity contribution in [2.75, 3.05) is 19.7 Å². The van der Waals surface area contributed by atoms with Crippen molar-refractivity contribution < 1.29 is 4.74 Å². The smallest absolute Gasteiger partial charge is 0.112 e. The van der Waals surface area contributed by atoms with E-state index >= 15 is 0 Å². The van der Waals surface area contributed by atoms with Gasteiger partial charge in [-0.25, -0.2) is 4.98 Å². The zero-order chi connectivity index (χ0) is 13.1. The van der Waals surface area contributed by atoms with Crippen molar-refractivity contribution in [3.05, 3.63) is 48.3 Å². The molecule has 2 aromatic heterocycles. The van der Waals surface area contributed by atoms with Gasteiger partial charge in [-0.2, -0.15) is 0 Å². The molecular formula is C14H18N4O. The van der Waals surface area contributed by atoms with E-state index in [0.717, 1.165) is 31.9 Å². The number of hydrogen-bond acceptors (Lipinski definition) is 4. The Morgan fingerprint density at radius 3 is 3.11 bits per heavy atom. The van der Waals surface area contributed by atoms with Gasteiger partial charge in [0.15, 0.2) is 0 Å². The van der Waals surface area contributed by atoms with Gasteiger partial charge in [-0.1, -0.05) is 6.07 Å². The lowest BCUT2D eigenvalue weighted by Gasteiger charge is -2.32. The second-order valence-corrected chi connectivity index (χ2v) is 4.85. The van der Waals surface area contributed by atoms with Crippen LogP contribution in [-0.4, -0.2) is 39.1 Å². The Balaban J connectivity index is 1.67. The monoisotopic (exact) mass is 258 g/mol. The Kier molecular flexibility index (Phi) is 3.57. The van der Waals surface area contributed by atoms with Crippen molar-refractivity contribution in [3.63, 3.8) is 0 Å². The number of ether oxygens (including phenoxy) is 1. The Hall–Kier alpha value is -1.72. The minimum absolute atomic E-state index is 0.0724. The van der Waals surface area contributed by atoms with Crippen LogP contribution in [0.4, 0.5) is 0 Å². The highest BCUT2D eigenvalue weighted by atomic mass is 16.5. The summed E-state index contributed by atoms with van der Waals surface area (Å²) >= 11 is 0. The summed E-state index contributed by atoms with van der Waals surface area (Å²) in [7, 11) is 2.03. The molecule has 3 rings (SSSR count). The van der Waals surface area contributed by atoms with Crippen molar-refractivity contribution in [2.45, 2.75) is 12.6 Å². The first-order chi connectivity index (χ1) is 9.33. The number of aryl methyl sites for hydroxylation is 1. The van der Waals surface area contributed by atoms with Crippen molar-refractivity contribution in [1.82, 2.24) is 19.4 Å². The summed E-state index contributed by atoms with van der Waals surface area (Å²) in [5.41, 5.74) is 2.24. The normalized spacial score (nSPS) is 20.6. The predicted molar refractivity (Wildman–Crippen MR) is 71.4 cm³/mol. The molecule has 1 atom stereocenters. The molecule has 0 radical (unpaired) electrons. The number of nitrogens with zero attached hydrogens (tertiary/aromatic N) is 4. The highest BCUT2D eigenvalue weighted by Gasteiger charge is 2.23. The number of hydrogen-bond donors (Lipinski definition) is 0. The average molecular weight is 258 g/mol. The molecule has 0 amide bonds. The van der Waals surface area contributed by atoms with Crippen LogP contribution in [0, 0.1) is 0 Å². The quantitative estimate of drug-likeness (QED) is 0.834. The number of rotatable bonds is 3. The molecule has 1 aliphatic heterocycles. The van der Waals surface area contributed by atoms with E-state index in [0.29, 0.717) is 0 Å². The first-order valence-electron chi connectivity index (χ1n) is 6.53. The largest absolute Gasteiger partial charge is 0.369 e. The summed E-state index contributed by atoms with van der Waals surface area (Å²) in [6.45, 7) is 3.49. The van der Waals surface area contributed by atoms with Gasteiger partial charge < -0.3 is 9.30 Å². The van der Waals surface area contributed by atoms with Crippen LogP contribution in [0.3, 0.4) is 0 Å². The van der Waals surface area contributed by atoms with Gasteiger partial charge in [0.05, 0.1) is 24.3 Å². The average Bonchev–Trinajstić information content (AvgIpc) is 2.86. The van der Waals surface area contributed by atoms with Crippen LogP contribution < -0.4 is 0 Å². The van der Waals surface area contributed by atoms with Gasteiger partial charge in [0.1, 0.15) is 6.10 Å². The molecule has 5 heteroatoms. The maximum absolute atomic E-state index is 5.82. The zero-order valence-electron chi connectivity index (χ0n) is 11.1. The maximum Gasteiger partial charge on any atom is 0.112 e. The number of morpholine rings is 1. The van der Waals surface area contributed by atoms with Crippen LogP contribution in [-0.2, 0) is 18.3 Å². The molecule has 0 spiro atoms. The highest BCUT2D eigenvalue weighted by molar-refractivity contribution is 5.08. The predicted octanol–water partition coefficient (Wildman–Crippen LogP) is 1.39. The fourth-order valence-electron chi connectivity index (χ4n) is 2.36. The summed E-state index contributed by atoms with van der Waals surface area (Å²) < 4.78 is 7.88. The van der Waals surface area contributed by atoms with Crippen molar-refractivity contribution in [2.24, 2.45) is 7.05 Å². The molecular weight excluding hydrogens is 240 g/mol. The molecule has 5 nitrogen and oxygen atoms in total. The number of pyridine rings is 1. The second kappa shape index (κ2) is 5.50. The Morgan fingerprint density at radius 2 is 2.37 bits per heavy atom. The van der Waals surface area contributed by atoms with E-state index < -0.39 is 0 Å². The van der Waals surface area contributed by atoms with Crippen LogP contribution in [0.25, 0.3) is 0 Å². The van der Waals surface area contributed by atoms with Gasteiger partial charge in [-0.15, -0.1) is 0 Å². The third-order valence-electron chi connectivity index (χ3n) is 3.47. The molecule has 0 unspecified atom stereocenters.